The molecule has 0 aliphatic rings. The fraction of sp³-hybridized carbons (Fsp3) is 0. The number of pyridine rings is 1. The van der Waals surface area contributed by atoms with Crippen molar-refractivity contribution in [1.82, 2.24) is 9.55 Å². The first kappa shape index (κ1) is 11.9. The molecule has 0 unspecified atom stereocenters. The van der Waals surface area contributed by atoms with E-state index in [1.54, 1.807) is 36.4 Å². The highest BCUT2D eigenvalue weighted by molar-refractivity contribution is 6.35. The van der Waals surface area contributed by atoms with Crippen molar-refractivity contribution >= 4 is 28.4 Å². The maximum absolute atomic E-state index is 13.9. The van der Waals surface area contributed by atoms with Gasteiger partial charge in [0, 0.05) is 12.4 Å². The van der Waals surface area contributed by atoms with Crippen molar-refractivity contribution in [3.05, 3.63) is 65.3 Å². The van der Waals surface area contributed by atoms with Crippen LogP contribution in [0.4, 0.5) is 4.39 Å². The van der Waals surface area contributed by atoms with Crippen molar-refractivity contribution in [3.63, 3.8) is 0 Å². The predicted octanol–water partition coefficient (Wildman–Crippen LogP) is 3.52. The predicted molar refractivity (Wildman–Crippen MR) is 70.9 cm³/mol. The Morgan fingerprint density at radius 2 is 2.05 bits per heavy atom. The maximum atomic E-state index is 13.9. The van der Waals surface area contributed by atoms with E-state index >= 15 is 0 Å². The first-order valence-electron chi connectivity index (χ1n) is 5.59. The lowest BCUT2D eigenvalue weighted by atomic mass is 10.2. The van der Waals surface area contributed by atoms with Gasteiger partial charge in [0.25, 0.3) is 5.91 Å². The molecular formula is C14H8ClFN2O. The van der Waals surface area contributed by atoms with E-state index in [-0.39, 0.29) is 16.1 Å². The molecule has 2 aromatic heterocycles. The summed E-state index contributed by atoms with van der Waals surface area (Å²) in [6, 6.07) is 9.90. The van der Waals surface area contributed by atoms with Gasteiger partial charge in [-0.25, -0.2) is 4.39 Å². The number of halogens is 2. The lowest BCUT2D eigenvalue weighted by Crippen LogP contribution is -2.12. The number of benzene rings is 1. The van der Waals surface area contributed by atoms with Crippen LogP contribution < -0.4 is 0 Å². The van der Waals surface area contributed by atoms with Crippen LogP contribution >= 0.6 is 11.6 Å². The van der Waals surface area contributed by atoms with Gasteiger partial charge in [-0.05, 0) is 24.3 Å². The third-order valence-corrected chi connectivity index (χ3v) is 3.15. The van der Waals surface area contributed by atoms with Gasteiger partial charge in [-0.15, -0.1) is 0 Å². The number of aromatic nitrogens is 2. The SMILES string of the molecule is O=C(c1ccccn1)n1cc(F)c2c(Cl)cccc21. The second-order valence-corrected chi connectivity index (χ2v) is 4.41. The molecule has 0 fully saturated rings. The molecule has 0 radical (unpaired) electrons. The molecule has 0 amide bonds. The van der Waals surface area contributed by atoms with Crippen molar-refractivity contribution in [3.8, 4) is 0 Å². The number of rotatable bonds is 1. The molecule has 3 aromatic rings. The average molecular weight is 275 g/mol. The van der Waals surface area contributed by atoms with Crippen LogP contribution in [-0.4, -0.2) is 15.5 Å². The molecule has 3 nitrogen and oxygen atoms in total. The fourth-order valence-corrected chi connectivity index (χ4v) is 2.24. The largest absolute Gasteiger partial charge is 0.281 e. The molecule has 0 bridgehead atoms. The van der Waals surface area contributed by atoms with E-state index in [0.29, 0.717) is 5.52 Å². The Morgan fingerprint density at radius 3 is 2.79 bits per heavy atom. The highest BCUT2D eigenvalue weighted by Crippen LogP contribution is 2.27. The van der Waals surface area contributed by atoms with Crippen molar-refractivity contribution in [2.75, 3.05) is 0 Å². The van der Waals surface area contributed by atoms with Crippen LogP contribution in [0.15, 0.2) is 48.8 Å². The van der Waals surface area contributed by atoms with E-state index in [2.05, 4.69) is 4.98 Å². The number of carbonyl (C=O) groups is 1. The fourth-order valence-electron chi connectivity index (χ4n) is 1.98. The number of carbonyl (C=O) groups excluding carboxylic acids is 1. The minimum absolute atomic E-state index is 0.244. The molecule has 0 saturated carbocycles. The number of hydrogen-bond donors (Lipinski definition) is 0. The van der Waals surface area contributed by atoms with Crippen molar-refractivity contribution in [2.45, 2.75) is 0 Å². The smallest absolute Gasteiger partial charge is 0.279 e. The summed E-state index contributed by atoms with van der Waals surface area (Å²) in [7, 11) is 0. The number of fused-ring (bicyclic) bond motifs is 1. The summed E-state index contributed by atoms with van der Waals surface area (Å²) < 4.78 is 15.1. The molecule has 0 N–H and O–H groups in total. The Hall–Kier alpha value is -2.20. The first-order chi connectivity index (χ1) is 9.18. The Labute approximate surface area is 113 Å². The number of nitrogens with zero attached hydrogens (tertiary/aromatic N) is 2. The molecule has 19 heavy (non-hydrogen) atoms. The van der Waals surface area contributed by atoms with Crippen LogP contribution in [0.1, 0.15) is 10.5 Å². The van der Waals surface area contributed by atoms with Gasteiger partial charge in [-0.3, -0.25) is 14.3 Å². The van der Waals surface area contributed by atoms with Crippen molar-refractivity contribution < 1.29 is 9.18 Å². The molecule has 0 atom stereocenters. The van der Waals surface area contributed by atoms with E-state index in [1.807, 2.05) is 0 Å². The summed E-state index contributed by atoms with van der Waals surface area (Å²) in [6.45, 7) is 0. The van der Waals surface area contributed by atoms with Gasteiger partial charge < -0.3 is 0 Å². The zero-order chi connectivity index (χ0) is 13.4. The molecule has 0 spiro atoms. The van der Waals surface area contributed by atoms with Crippen LogP contribution in [0.5, 0.6) is 0 Å². The highest BCUT2D eigenvalue weighted by atomic mass is 35.5. The van der Waals surface area contributed by atoms with Crippen LogP contribution in [0, 0.1) is 5.82 Å². The van der Waals surface area contributed by atoms with Gasteiger partial charge in [0.2, 0.25) is 0 Å². The van der Waals surface area contributed by atoms with E-state index in [1.165, 1.54) is 10.8 Å². The third-order valence-electron chi connectivity index (χ3n) is 2.84. The topological polar surface area (TPSA) is 34.9 Å². The van der Waals surface area contributed by atoms with Crippen LogP contribution in [-0.2, 0) is 0 Å². The molecule has 94 valence electrons. The summed E-state index contributed by atoms with van der Waals surface area (Å²) in [5.74, 6) is -0.915. The first-order valence-corrected chi connectivity index (χ1v) is 5.97. The normalized spacial score (nSPS) is 10.8. The molecule has 0 aliphatic heterocycles. The zero-order valence-corrected chi connectivity index (χ0v) is 10.4. The molecule has 3 rings (SSSR count). The Morgan fingerprint density at radius 1 is 1.21 bits per heavy atom. The van der Waals surface area contributed by atoms with Crippen molar-refractivity contribution in [1.29, 1.82) is 0 Å². The molecule has 2 heterocycles. The monoisotopic (exact) mass is 274 g/mol. The standard InChI is InChI=1S/C14H8ClFN2O/c15-9-4-3-6-12-13(9)10(16)8-18(12)14(19)11-5-1-2-7-17-11/h1-8H. The second-order valence-electron chi connectivity index (χ2n) is 4.00. The summed E-state index contributed by atoms with van der Waals surface area (Å²) >= 11 is 5.95. The molecule has 1 aromatic carbocycles. The second kappa shape index (κ2) is 4.48. The van der Waals surface area contributed by atoms with Gasteiger partial charge in [0.15, 0.2) is 5.82 Å². The molecule has 0 aliphatic carbocycles. The van der Waals surface area contributed by atoms with E-state index in [0.717, 1.165) is 6.20 Å². The molecule has 0 saturated heterocycles. The van der Waals surface area contributed by atoms with Gasteiger partial charge in [-0.1, -0.05) is 23.7 Å². The Kier molecular flexibility index (Phi) is 2.80. The van der Waals surface area contributed by atoms with Crippen LogP contribution in [0.25, 0.3) is 10.9 Å². The van der Waals surface area contributed by atoms with Gasteiger partial charge in [0.1, 0.15) is 5.69 Å². The van der Waals surface area contributed by atoms with E-state index in [4.69, 9.17) is 11.6 Å². The summed E-state index contributed by atoms with van der Waals surface area (Å²) in [4.78, 5) is 16.2. The van der Waals surface area contributed by atoms with Crippen LogP contribution in [0.3, 0.4) is 0 Å². The van der Waals surface area contributed by atoms with Crippen LogP contribution in [0.2, 0.25) is 5.02 Å². The van der Waals surface area contributed by atoms with Crippen molar-refractivity contribution in [2.24, 2.45) is 0 Å². The van der Waals surface area contributed by atoms with E-state index < -0.39 is 11.7 Å². The Balaban J connectivity index is 2.22. The average Bonchev–Trinajstić information content (AvgIpc) is 2.78. The van der Waals surface area contributed by atoms with E-state index in [9.17, 15) is 9.18 Å². The quantitative estimate of drug-likeness (QED) is 0.680. The molecular weight excluding hydrogens is 267 g/mol. The summed E-state index contributed by atoms with van der Waals surface area (Å²) in [5, 5.41) is 0.524. The Bertz CT molecular complexity index is 768. The van der Waals surface area contributed by atoms with Gasteiger partial charge in [-0.2, -0.15) is 0 Å². The zero-order valence-electron chi connectivity index (χ0n) is 9.68. The third kappa shape index (κ3) is 1.90. The van der Waals surface area contributed by atoms with Gasteiger partial charge in [0.05, 0.1) is 15.9 Å². The lowest BCUT2D eigenvalue weighted by Gasteiger charge is -2.03. The maximum Gasteiger partial charge on any atom is 0.281 e. The van der Waals surface area contributed by atoms with Gasteiger partial charge >= 0.3 is 0 Å². The molecule has 5 heteroatoms. The summed E-state index contributed by atoms with van der Waals surface area (Å²) in [5.41, 5.74) is 0.681. The highest BCUT2D eigenvalue weighted by Gasteiger charge is 2.17. The lowest BCUT2D eigenvalue weighted by molar-refractivity contribution is 0.0959. The minimum Gasteiger partial charge on any atom is -0.279 e. The number of hydrogen-bond acceptors (Lipinski definition) is 2. The summed E-state index contributed by atoms with van der Waals surface area (Å²) in [6.07, 6.45) is 2.65. The minimum atomic E-state index is -0.523.